The molecule has 24 heavy (non-hydrogen) atoms. The van der Waals surface area contributed by atoms with E-state index in [0.717, 1.165) is 35.2 Å². The van der Waals surface area contributed by atoms with E-state index in [9.17, 15) is 9.59 Å². The van der Waals surface area contributed by atoms with Crippen molar-refractivity contribution in [2.75, 3.05) is 0 Å². The SMILES string of the molecule is CC[C@H](C(=O)NC1CCCC1)N1Cc2ccnc3c2C(=CC3)C1=O. The predicted octanol–water partition coefficient (Wildman–Crippen LogP) is 2.20. The van der Waals surface area contributed by atoms with Crippen molar-refractivity contribution in [3.05, 3.63) is 35.2 Å². The Kier molecular flexibility index (Phi) is 3.87. The number of allylic oxidation sites excluding steroid dienone is 1. The summed E-state index contributed by atoms with van der Waals surface area (Å²) in [6, 6.07) is 1.85. The Labute approximate surface area is 142 Å². The van der Waals surface area contributed by atoms with E-state index in [1.807, 2.05) is 19.1 Å². The lowest BCUT2D eigenvalue weighted by Gasteiger charge is -2.35. The second-order valence-electron chi connectivity index (χ2n) is 6.96. The quantitative estimate of drug-likeness (QED) is 0.923. The molecule has 1 aliphatic heterocycles. The number of carbonyl (C=O) groups is 2. The second kappa shape index (κ2) is 6.04. The zero-order chi connectivity index (χ0) is 16.7. The van der Waals surface area contributed by atoms with Crippen molar-refractivity contribution >= 4 is 17.4 Å². The van der Waals surface area contributed by atoms with Gasteiger partial charge >= 0.3 is 0 Å². The van der Waals surface area contributed by atoms with E-state index in [4.69, 9.17) is 0 Å². The molecule has 0 aromatic carbocycles. The highest BCUT2D eigenvalue weighted by Gasteiger charge is 2.38. The van der Waals surface area contributed by atoms with Crippen LogP contribution in [0.5, 0.6) is 0 Å². The maximum absolute atomic E-state index is 12.9. The molecule has 1 fully saturated rings. The lowest BCUT2D eigenvalue weighted by molar-refractivity contribution is -0.138. The fourth-order valence-electron chi connectivity index (χ4n) is 4.24. The summed E-state index contributed by atoms with van der Waals surface area (Å²) in [5, 5.41) is 3.15. The molecule has 1 aromatic heterocycles. The lowest BCUT2D eigenvalue weighted by atomic mass is 9.95. The third-order valence-corrected chi connectivity index (χ3v) is 5.48. The van der Waals surface area contributed by atoms with Crippen LogP contribution in [0.25, 0.3) is 5.57 Å². The molecular weight excluding hydrogens is 302 g/mol. The molecule has 0 bridgehead atoms. The van der Waals surface area contributed by atoms with Crippen LogP contribution in [0.1, 0.15) is 55.8 Å². The van der Waals surface area contributed by atoms with Crippen LogP contribution in [0.3, 0.4) is 0 Å². The summed E-state index contributed by atoms with van der Waals surface area (Å²) in [6.07, 6.45) is 9.57. The largest absolute Gasteiger partial charge is 0.352 e. The first kappa shape index (κ1) is 15.4. The van der Waals surface area contributed by atoms with E-state index < -0.39 is 6.04 Å². The van der Waals surface area contributed by atoms with Crippen LogP contribution in [-0.4, -0.2) is 33.8 Å². The zero-order valence-electron chi connectivity index (χ0n) is 14.0. The Hall–Kier alpha value is -2.17. The average Bonchev–Trinajstić information content (AvgIpc) is 3.23. The Balaban J connectivity index is 1.59. The maximum atomic E-state index is 12.9. The van der Waals surface area contributed by atoms with Gasteiger partial charge in [-0.25, -0.2) is 0 Å². The van der Waals surface area contributed by atoms with Gasteiger partial charge in [0.1, 0.15) is 6.04 Å². The number of pyridine rings is 1. The van der Waals surface area contributed by atoms with Crippen molar-refractivity contribution in [2.24, 2.45) is 0 Å². The zero-order valence-corrected chi connectivity index (χ0v) is 14.0. The van der Waals surface area contributed by atoms with E-state index in [-0.39, 0.29) is 17.9 Å². The lowest BCUT2D eigenvalue weighted by Crippen LogP contribution is -2.52. The van der Waals surface area contributed by atoms with Gasteiger partial charge in [0.25, 0.3) is 5.91 Å². The number of rotatable bonds is 4. The standard InChI is InChI=1S/C19H23N3O2/c1-2-16(18(23)21-13-5-3-4-6-13)22-11-12-9-10-20-15-8-7-14(17(12)15)19(22)24/h7,9-10,13,16H,2-6,8,11H2,1H3,(H,21,23)/t16-/m1/s1. The van der Waals surface area contributed by atoms with Gasteiger partial charge in [-0.2, -0.15) is 0 Å². The Morgan fingerprint density at radius 3 is 2.96 bits per heavy atom. The smallest absolute Gasteiger partial charge is 0.255 e. The maximum Gasteiger partial charge on any atom is 0.255 e. The number of aromatic nitrogens is 1. The molecule has 4 rings (SSSR count). The van der Waals surface area contributed by atoms with Gasteiger partial charge in [-0.05, 0) is 30.9 Å². The fourth-order valence-corrected chi connectivity index (χ4v) is 4.24. The van der Waals surface area contributed by atoms with E-state index in [1.54, 1.807) is 11.1 Å². The highest BCUT2D eigenvalue weighted by atomic mass is 16.2. The van der Waals surface area contributed by atoms with Crippen LogP contribution in [-0.2, 0) is 22.6 Å². The summed E-state index contributed by atoms with van der Waals surface area (Å²) >= 11 is 0. The molecule has 5 nitrogen and oxygen atoms in total. The minimum atomic E-state index is -0.399. The molecule has 2 aliphatic carbocycles. The molecule has 0 radical (unpaired) electrons. The Bertz CT molecular complexity index is 719. The molecule has 3 aliphatic rings. The van der Waals surface area contributed by atoms with Crippen LogP contribution in [0.4, 0.5) is 0 Å². The number of amides is 2. The van der Waals surface area contributed by atoms with Crippen LogP contribution < -0.4 is 5.32 Å². The number of hydrogen-bond acceptors (Lipinski definition) is 3. The third kappa shape index (κ3) is 2.43. The second-order valence-corrected chi connectivity index (χ2v) is 6.96. The molecule has 1 N–H and O–H groups in total. The molecule has 1 aromatic rings. The molecule has 2 heterocycles. The van der Waals surface area contributed by atoms with E-state index in [2.05, 4.69) is 10.3 Å². The van der Waals surface area contributed by atoms with E-state index in [1.165, 1.54) is 12.8 Å². The van der Waals surface area contributed by atoms with Crippen molar-refractivity contribution in [1.29, 1.82) is 0 Å². The molecular formula is C19H23N3O2. The Morgan fingerprint density at radius 2 is 2.21 bits per heavy atom. The summed E-state index contributed by atoms with van der Waals surface area (Å²) in [5.41, 5.74) is 3.82. The van der Waals surface area contributed by atoms with E-state index >= 15 is 0 Å². The fraction of sp³-hybridized carbons (Fsp3) is 0.526. The van der Waals surface area contributed by atoms with Gasteiger partial charge in [0.05, 0.1) is 5.69 Å². The van der Waals surface area contributed by atoms with Gasteiger partial charge in [-0.1, -0.05) is 25.8 Å². The molecule has 5 heteroatoms. The summed E-state index contributed by atoms with van der Waals surface area (Å²) < 4.78 is 0. The predicted molar refractivity (Wildman–Crippen MR) is 90.9 cm³/mol. The third-order valence-electron chi connectivity index (χ3n) is 5.48. The van der Waals surface area contributed by atoms with Gasteiger partial charge in [0.15, 0.2) is 0 Å². The van der Waals surface area contributed by atoms with Gasteiger partial charge < -0.3 is 10.2 Å². The monoisotopic (exact) mass is 325 g/mol. The summed E-state index contributed by atoms with van der Waals surface area (Å²) in [4.78, 5) is 31.8. The van der Waals surface area contributed by atoms with Crippen molar-refractivity contribution in [3.8, 4) is 0 Å². The molecule has 0 unspecified atom stereocenters. The number of nitrogens with zero attached hydrogens (tertiary/aromatic N) is 2. The summed E-state index contributed by atoms with van der Waals surface area (Å²) in [5.74, 6) is -0.0308. The first-order chi connectivity index (χ1) is 11.7. The molecule has 0 saturated heterocycles. The number of carbonyl (C=O) groups excluding carboxylic acids is 2. The molecule has 1 atom stereocenters. The highest BCUT2D eigenvalue weighted by Crippen LogP contribution is 2.36. The normalized spacial score (nSPS) is 20.8. The highest BCUT2D eigenvalue weighted by molar-refractivity contribution is 6.22. The van der Waals surface area contributed by atoms with Crippen LogP contribution in [0.15, 0.2) is 18.3 Å². The van der Waals surface area contributed by atoms with Crippen LogP contribution in [0, 0.1) is 0 Å². The molecule has 0 spiro atoms. The summed E-state index contributed by atoms with van der Waals surface area (Å²) in [6.45, 7) is 2.47. The van der Waals surface area contributed by atoms with Crippen molar-refractivity contribution < 1.29 is 9.59 Å². The first-order valence-electron chi connectivity index (χ1n) is 8.97. The van der Waals surface area contributed by atoms with Crippen LogP contribution >= 0.6 is 0 Å². The summed E-state index contributed by atoms with van der Waals surface area (Å²) in [7, 11) is 0. The minimum absolute atomic E-state index is 0.00548. The topological polar surface area (TPSA) is 62.3 Å². The van der Waals surface area contributed by atoms with E-state index in [0.29, 0.717) is 19.4 Å². The van der Waals surface area contributed by atoms with Gasteiger partial charge in [0.2, 0.25) is 5.91 Å². The number of nitrogens with one attached hydrogen (secondary N) is 1. The van der Waals surface area contributed by atoms with Gasteiger partial charge in [-0.3, -0.25) is 14.6 Å². The molecule has 126 valence electrons. The van der Waals surface area contributed by atoms with Gasteiger partial charge in [-0.15, -0.1) is 0 Å². The van der Waals surface area contributed by atoms with Gasteiger partial charge in [0, 0.05) is 36.3 Å². The average molecular weight is 325 g/mol. The molecule has 1 saturated carbocycles. The number of hydrogen-bond donors (Lipinski definition) is 1. The van der Waals surface area contributed by atoms with Crippen molar-refractivity contribution in [1.82, 2.24) is 15.2 Å². The van der Waals surface area contributed by atoms with Crippen LogP contribution in [0.2, 0.25) is 0 Å². The first-order valence-corrected chi connectivity index (χ1v) is 8.97. The molecule has 2 amide bonds. The Morgan fingerprint density at radius 1 is 1.42 bits per heavy atom. The van der Waals surface area contributed by atoms with Crippen molar-refractivity contribution in [2.45, 2.75) is 64.1 Å². The van der Waals surface area contributed by atoms with Crippen molar-refractivity contribution in [3.63, 3.8) is 0 Å². The minimum Gasteiger partial charge on any atom is -0.352 e.